The summed E-state index contributed by atoms with van der Waals surface area (Å²) in [5.41, 5.74) is 2.00. The van der Waals surface area contributed by atoms with E-state index in [1.807, 2.05) is 38.2 Å². The average molecular weight is 293 g/mol. The summed E-state index contributed by atoms with van der Waals surface area (Å²) in [7, 11) is 1.85. The van der Waals surface area contributed by atoms with Gasteiger partial charge in [0.05, 0.1) is 0 Å². The van der Waals surface area contributed by atoms with E-state index < -0.39 is 0 Å². The minimum Gasteiger partial charge on any atom is -0.373 e. The number of nitrogens with zero attached hydrogens (tertiary/aromatic N) is 2. The topological polar surface area (TPSA) is 49.8 Å². The number of nitrogens with one attached hydrogen (secondary N) is 2. The van der Waals surface area contributed by atoms with E-state index in [0.717, 1.165) is 27.4 Å². The highest BCUT2D eigenvalue weighted by Crippen LogP contribution is 2.22. The van der Waals surface area contributed by atoms with Gasteiger partial charge in [-0.15, -0.1) is 0 Å². The summed E-state index contributed by atoms with van der Waals surface area (Å²) in [4.78, 5) is 8.37. The summed E-state index contributed by atoms with van der Waals surface area (Å²) in [5, 5.41) is 6.29. The van der Waals surface area contributed by atoms with E-state index in [9.17, 15) is 0 Å². The van der Waals surface area contributed by atoms with Gasteiger partial charge >= 0.3 is 0 Å². The van der Waals surface area contributed by atoms with Crippen molar-refractivity contribution in [2.45, 2.75) is 6.92 Å². The van der Waals surface area contributed by atoms with Crippen LogP contribution in [0.25, 0.3) is 0 Å². The lowest BCUT2D eigenvalue weighted by molar-refractivity contribution is 1.12. The molecule has 0 saturated carbocycles. The minimum atomic E-state index is 0.812. The highest BCUT2D eigenvalue weighted by atomic mass is 79.9. The van der Waals surface area contributed by atoms with Crippen LogP contribution in [0, 0.1) is 6.92 Å². The first-order chi connectivity index (χ1) is 8.20. The molecule has 2 rings (SSSR count). The fourth-order valence-electron chi connectivity index (χ4n) is 1.50. The Bertz CT molecular complexity index is 510. The predicted molar refractivity (Wildman–Crippen MR) is 73.7 cm³/mol. The van der Waals surface area contributed by atoms with Gasteiger partial charge in [0.1, 0.15) is 18.0 Å². The Balaban J connectivity index is 2.27. The Morgan fingerprint density at radius 3 is 2.35 bits per heavy atom. The molecule has 0 aliphatic heterocycles. The third-order valence-corrected chi connectivity index (χ3v) is 2.96. The second-order valence-corrected chi connectivity index (χ2v) is 4.49. The van der Waals surface area contributed by atoms with Crippen molar-refractivity contribution in [2.75, 3.05) is 17.7 Å². The summed E-state index contributed by atoms with van der Waals surface area (Å²) >= 11 is 3.40. The van der Waals surface area contributed by atoms with Crippen molar-refractivity contribution in [3.63, 3.8) is 0 Å². The summed E-state index contributed by atoms with van der Waals surface area (Å²) in [6, 6.07) is 7.95. The fourth-order valence-corrected chi connectivity index (χ4v) is 1.76. The van der Waals surface area contributed by atoms with E-state index in [0.29, 0.717) is 0 Å². The van der Waals surface area contributed by atoms with Gasteiger partial charge in [-0.1, -0.05) is 15.9 Å². The summed E-state index contributed by atoms with van der Waals surface area (Å²) in [6.07, 6.45) is 1.54. The standard InChI is InChI=1S/C12H13BrN4/c1-8-11(14-2)15-7-16-12(8)17-10-5-3-9(13)4-6-10/h3-7H,1-2H3,(H2,14,15,16,17). The normalized spacial score (nSPS) is 10.1. The Kier molecular flexibility index (Phi) is 3.58. The molecule has 0 aliphatic carbocycles. The lowest BCUT2D eigenvalue weighted by Gasteiger charge is -2.10. The minimum absolute atomic E-state index is 0.812. The van der Waals surface area contributed by atoms with E-state index in [2.05, 4.69) is 36.5 Å². The van der Waals surface area contributed by atoms with Crippen LogP contribution in [-0.2, 0) is 0 Å². The third-order valence-electron chi connectivity index (χ3n) is 2.43. The Hall–Kier alpha value is -1.62. The maximum absolute atomic E-state index is 4.23. The van der Waals surface area contributed by atoms with E-state index in [4.69, 9.17) is 0 Å². The SMILES string of the molecule is CNc1ncnc(Nc2ccc(Br)cc2)c1C. The van der Waals surface area contributed by atoms with Crippen LogP contribution in [0.3, 0.4) is 0 Å². The molecular formula is C12H13BrN4. The molecule has 0 bridgehead atoms. The van der Waals surface area contributed by atoms with Crippen molar-refractivity contribution in [3.8, 4) is 0 Å². The van der Waals surface area contributed by atoms with Gasteiger partial charge in [-0.25, -0.2) is 9.97 Å². The van der Waals surface area contributed by atoms with Crippen molar-refractivity contribution in [2.24, 2.45) is 0 Å². The Labute approximate surface area is 109 Å². The molecule has 0 amide bonds. The van der Waals surface area contributed by atoms with Crippen LogP contribution in [-0.4, -0.2) is 17.0 Å². The Morgan fingerprint density at radius 1 is 1.06 bits per heavy atom. The molecule has 0 radical (unpaired) electrons. The molecule has 0 spiro atoms. The van der Waals surface area contributed by atoms with Gasteiger partial charge in [0.2, 0.25) is 0 Å². The maximum Gasteiger partial charge on any atom is 0.138 e. The number of hydrogen-bond donors (Lipinski definition) is 2. The molecular weight excluding hydrogens is 280 g/mol. The first kappa shape index (κ1) is 11.9. The fraction of sp³-hybridized carbons (Fsp3) is 0.167. The molecule has 0 saturated heterocycles. The molecule has 2 N–H and O–H groups in total. The highest BCUT2D eigenvalue weighted by molar-refractivity contribution is 9.10. The van der Waals surface area contributed by atoms with E-state index in [1.165, 1.54) is 0 Å². The van der Waals surface area contributed by atoms with E-state index >= 15 is 0 Å². The van der Waals surface area contributed by atoms with Gasteiger partial charge in [-0.2, -0.15) is 0 Å². The van der Waals surface area contributed by atoms with Crippen LogP contribution in [0.5, 0.6) is 0 Å². The van der Waals surface area contributed by atoms with Gasteiger partial charge in [-0.05, 0) is 31.2 Å². The highest BCUT2D eigenvalue weighted by Gasteiger charge is 2.05. The Morgan fingerprint density at radius 2 is 1.71 bits per heavy atom. The lowest BCUT2D eigenvalue weighted by Crippen LogP contribution is -2.02. The number of aromatic nitrogens is 2. The number of halogens is 1. The second kappa shape index (κ2) is 5.14. The predicted octanol–water partition coefficient (Wildman–Crippen LogP) is 3.33. The molecule has 1 heterocycles. The average Bonchev–Trinajstić information content (AvgIpc) is 2.35. The number of hydrogen-bond acceptors (Lipinski definition) is 4. The molecule has 0 aliphatic rings. The molecule has 88 valence electrons. The number of anilines is 3. The zero-order valence-corrected chi connectivity index (χ0v) is 11.2. The lowest BCUT2D eigenvalue weighted by atomic mass is 10.2. The molecule has 17 heavy (non-hydrogen) atoms. The number of rotatable bonds is 3. The van der Waals surface area contributed by atoms with Crippen molar-refractivity contribution >= 4 is 33.3 Å². The molecule has 4 nitrogen and oxygen atoms in total. The molecule has 0 atom stereocenters. The molecule has 0 unspecified atom stereocenters. The van der Waals surface area contributed by atoms with Gasteiger partial charge in [0, 0.05) is 22.8 Å². The van der Waals surface area contributed by atoms with Crippen LogP contribution in [0.2, 0.25) is 0 Å². The first-order valence-corrected chi connectivity index (χ1v) is 6.02. The van der Waals surface area contributed by atoms with Crippen LogP contribution < -0.4 is 10.6 Å². The van der Waals surface area contributed by atoms with Gasteiger partial charge < -0.3 is 10.6 Å². The monoisotopic (exact) mass is 292 g/mol. The van der Waals surface area contributed by atoms with Crippen molar-refractivity contribution < 1.29 is 0 Å². The molecule has 0 fully saturated rings. The first-order valence-electron chi connectivity index (χ1n) is 5.22. The third kappa shape index (κ3) is 2.74. The largest absolute Gasteiger partial charge is 0.373 e. The maximum atomic E-state index is 4.23. The van der Waals surface area contributed by atoms with E-state index in [-0.39, 0.29) is 0 Å². The molecule has 1 aromatic carbocycles. The van der Waals surface area contributed by atoms with Crippen LogP contribution in [0.1, 0.15) is 5.56 Å². The smallest absolute Gasteiger partial charge is 0.138 e. The van der Waals surface area contributed by atoms with Crippen LogP contribution >= 0.6 is 15.9 Å². The quantitative estimate of drug-likeness (QED) is 0.911. The zero-order chi connectivity index (χ0) is 12.3. The second-order valence-electron chi connectivity index (χ2n) is 3.58. The molecule has 2 aromatic rings. The van der Waals surface area contributed by atoms with Gasteiger partial charge in [-0.3, -0.25) is 0 Å². The van der Waals surface area contributed by atoms with Gasteiger partial charge in [0.15, 0.2) is 0 Å². The van der Waals surface area contributed by atoms with Gasteiger partial charge in [0.25, 0.3) is 0 Å². The van der Waals surface area contributed by atoms with Crippen LogP contribution in [0.4, 0.5) is 17.3 Å². The molecule has 5 heteroatoms. The summed E-state index contributed by atoms with van der Waals surface area (Å²) < 4.78 is 1.05. The summed E-state index contributed by atoms with van der Waals surface area (Å²) in [5.74, 6) is 1.64. The van der Waals surface area contributed by atoms with Crippen molar-refractivity contribution in [1.82, 2.24) is 9.97 Å². The molecule has 1 aromatic heterocycles. The summed E-state index contributed by atoms with van der Waals surface area (Å²) in [6.45, 7) is 1.98. The number of benzene rings is 1. The van der Waals surface area contributed by atoms with Crippen molar-refractivity contribution in [1.29, 1.82) is 0 Å². The van der Waals surface area contributed by atoms with Crippen LogP contribution in [0.15, 0.2) is 35.1 Å². The zero-order valence-electron chi connectivity index (χ0n) is 9.66. The van der Waals surface area contributed by atoms with Crippen molar-refractivity contribution in [3.05, 3.63) is 40.6 Å². The van der Waals surface area contributed by atoms with E-state index in [1.54, 1.807) is 6.33 Å².